The van der Waals surface area contributed by atoms with Gasteiger partial charge in [-0.05, 0) is 18.6 Å². The van der Waals surface area contributed by atoms with Crippen molar-refractivity contribution in [3.8, 4) is 0 Å². The van der Waals surface area contributed by atoms with Crippen LogP contribution in [0.25, 0.3) is 0 Å². The maximum Gasteiger partial charge on any atom is 0.340 e. The number of aromatic nitrogens is 1. The Morgan fingerprint density at radius 3 is 2.58 bits per heavy atom. The van der Waals surface area contributed by atoms with Gasteiger partial charge in [-0.3, -0.25) is 0 Å². The van der Waals surface area contributed by atoms with Gasteiger partial charge in [-0.25, -0.2) is 9.78 Å². The zero-order chi connectivity index (χ0) is 13.8. The summed E-state index contributed by atoms with van der Waals surface area (Å²) in [6.07, 6.45) is 0.997. The molecule has 1 unspecified atom stereocenters. The van der Waals surface area contributed by atoms with Gasteiger partial charge >= 0.3 is 5.97 Å². The number of benzene rings is 1. The molecule has 1 atom stereocenters. The van der Waals surface area contributed by atoms with Crippen molar-refractivity contribution in [2.75, 3.05) is 0 Å². The van der Waals surface area contributed by atoms with E-state index < -0.39 is 5.97 Å². The number of nitrogens with zero attached hydrogens (tertiary/aromatic N) is 1. The van der Waals surface area contributed by atoms with Crippen molar-refractivity contribution < 1.29 is 9.53 Å². The zero-order valence-corrected chi connectivity index (χ0v) is 11.7. The average Bonchev–Trinajstić information content (AvgIpc) is 2.42. The third kappa shape index (κ3) is 3.46. The Balaban J connectivity index is 2.11. The van der Waals surface area contributed by atoms with Crippen LogP contribution in [-0.4, -0.2) is 11.0 Å². The predicted molar refractivity (Wildman–Crippen MR) is 74.5 cm³/mol. The van der Waals surface area contributed by atoms with E-state index >= 15 is 0 Å². The second-order valence-corrected chi connectivity index (χ2v) is 4.72. The summed E-state index contributed by atoms with van der Waals surface area (Å²) in [6, 6.07) is 10.9. The molecule has 0 aliphatic carbocycles. The van der Waals surface area contributed by atoms with E-state index in [1.165, 1.54) is 12.3 Å². The molecule has 0 saturated carbocycles. The largest absolute Gasteiger partial charge is 0.454 e. The second-order valence-electron chi connectivity index (χ2n) is 3.95. The average molecular weight is 296 g/mol. The normalized spacial score (nSPS) is 11.9. The molecule has 0 aliphatic heterocycles. The maximum atomic E-state index is 11.9. The van der Waals surface area contributed by atoms with Crippen LogP contribution >= 0.6 is 23.2 Å². The van der Waals surface area contributed by atoms with Gasteiger partial charge in [0.25, 0.3) is 0 Å². The van der Waals surface area contributed by atoms with Crippen molar-refractivity contribution in [3.05, 3.63) is 63.9 Å². The highest BCUT2D eigenvalue weighted by atomic mass is 35.5. The smallest absolute Gasteiger partial charge is 0.340 e. The number of hydrogen-bond donors (Lipinski definition) is 0. The van der Waals surface area contributed by atoms with E-state index in [2.05, 4.69) is 4.98 Å². The number of hydrogen-bond acceptors (Lipinski definition) is 3. The molecule has 2 rings (SSSR count). The summed E-state index contributed by atoms with van der Waals surface area (Å²) in [7, 11) is 0. The Morgan fingerprint density at radius 1 is 1.26 bits per heavy atom. The minimum Gasteiger partial charge on any atom is -0.454 e. The van der Waals surface area contributed by atoms with Gasteiger partial charge in [0, 0.05) is 6.20 Å². The first kappa shape index (κ1) is 13.8. The fraction of sp³-hybridized carbons (Fsp3) is 0.143. The minimum atomic E-state index is -0.484. The van der Waals surface area contributed by atoms with Crippen molar-refractivity contribution >= 4 is 29.2 Å². The standard InChI is InChI=1S/C14H11Cl2NO2/c1-9(10-5-3-2-4-6-10)19-14(18)11-7-12(15)13(16)17-8-11/h2-9H,1H3. The lowest BCUT2D eigenvalue weighted by molar-refractivity contribution is 0.0337. The van der Waals surface area contributed by atoms with Crippen LogP contribution in [0.1, 0.15) is 28.9 Å². The molecule has 0 saturated heterocycles. The molecule has 98 valence electrons. The summed E-state index contributed by atoms with van der Waals surface area (Å²) >= 11 is 11.5. The Morgan fingerprint density at radius 2 is 1.95 bits per heavy atom. The molecule has 0 aliphatic rings. The van der Waals surface area contributed by atoms with Crippen LogP contribution in [0.5, 0.6) is 0 Å². The molecule has 0 radical (unpaired) electrons. The molecule has 0 bridgehead atoms. The number of ether oxygens (including phenoxy) is 1. The Labute approximate surface area is 121 Å². The lowest BCUT2D eigenvalue weighted by atomic mass is 10.1. The molecule has 0 fully saturated rings. The monoisotopic (exact) mass is 295 g/mol. The Hall–Kier alpha value is -1.58. The Kier molecular flexibility index (Phi) is 4.40. The summed E-state index contributed by atoms with van der Waals surface area (Å²) in [4.78, 5) is 15.7. The number of rotatable bonds is 3. The summed E-state index contributed by atoms with van der Waals surface area (Å²) in [5, 5.41) is 0.387. The first-order valence-electron chi connectivity index (χ1n) is 5.65. The molecule has 2 aromatic rings. The van der Waals surface area contributed by atoms with Crippen molar-refractivity contribution in [1.82, 2.24) is 4.98 Å². The van der Waals surface area contributed by atoms with Crippen LogP contribution in [0.3, 0.4) is 0 Å². The lowest BCUT2D eigenvalue weighted by Gasteiger charge is -2.13. The van der Waals surface area contributed by atoms with Gasteiger partial charge in [0.1, 0.15) is 11.3 Å². The minimum absolute atomic E-state index is 0.161. The van der Waals surface area contributed by atoms with Crippen molar-refractivity contribution in [3.63, 3.8) is 0 Å². The van der Waals surface area contributed by atoms with Gasteiger partial charge in [0.05, 0.1) is 10.6 Å². The highest BCUT2D eigenvalue weighted by Crippen LogP contribution is 2.22. The van der Waals surface area contributed by atoms with Crippen LogP contribution in [-0.2, 0) is 4.74 Å². The van der Waals surface area contributed by atoms with E-state index in [9.17, 15) is 4.79 Å². The number of carbonyl (C=O) groups excluding carboxylic acids is 1. The molecule has 3 nitrogen and oxygen atoms in total. The van der Waals surface area contributed by atoms with E-state index in [-0.39, 0.29) is 21.8 Å². The highest BCUT2D eigenvalue weighted by Gasteiger charge is 2.15. The van der Waals surface area contributed by atoms with Crippen LogP contribution in [0.2, 0.25) is 10.2 Å². The molecule has 1 aromatic heterocycles. The van der Waals surface area contributed by atoms with Crippen LogP contribution in [0, 0.1) is 0 Å². The molecule has 0 spiro atoms. The van der Waals surface area contributed by atoms with E-state index in [1.807, 2.05) is 30.3 Å². The maximum absolute atomic E-state index is 11.9. The van der Waals surface area contributed by atoms with Crippen molar-refractivity contribution in [2.45, 2.75) is 13.0 Å². The fourth-order valence-electron chi connectivity index (χ4n) is 1.55. The zero-order valence-electron chi connectivity index (χ0n) is 10.1. The molecule has 19 heavy (non-hydrogen) atoms. The Bertz CT molecular complexity index is 587. The summed E-state index contributed by atoms with van der Waals surface area (Å²) in [6.45, 7) is 1.80. The van der Waals surface area contributed by atoms with Crippen LogP contribution < -0.4 is 0 Å². The highest BCUT2D eigenvalue weighted by molar-refractivity contribution is 6.41. The predicted octanol–water partition coefficient (Wildman–Crippen LogP) is 4.31. The molecule has 1 heterocycles. The van der Waals surface area contributed by atoms with Gasteiger partial charge in [-0.15, -0.1) is 0 Å². The van der Waals surface area contributed by atoms with Crippen LogP contribution in [0.15, 0.2) is 42.6 Å². The molecular formula is C14H11Cl2NO2. The first-order chi connectivity index (χ1) is 9.08. The van der Waals surface area contributed by atoms with Gasteiger partial charge in [0.15, 0.2) is 0 Å². The second kappa shape index (κ2) is 6.04. The topological polar surface area (TPSA) is 39.2 Å². The number of halogens is 2. The summed E-state index contributed by atoms with van der Waals surface area (Å²) in [5.41, 5.74) is 1.20. The third-order valence-electron chi connectivity index (χ3n) is 2.58. The van der Waals surface area contributed by atoms with Crippen molar-refractivity contribution in [2.24, 2.45) is 0 Å². The molecule has 1 aromatic carbocycles. The lowest BCUT2D eigenvalue weighted by Crippen LogP contribution is -2.09. The van der Waals surface area contributed by atoms with Gasteiger partial charge in [-0.2, -0.15) is 0 Å². The number of pyridine rings is 1. The third-order valence-corrected chi connectivity index (χ3v) is 3.27. The summed E-state index contributed by atoms with van der Waals surface area (Å²) in [5.74, 6) is -0.484. The van der Waals surface area contributed by atoms with E-state index in [1.54, 1.807) is 6.92 Å². The molecule has 0 amide bonds. The van der Waals surface area contributed by atoms with Gasteiger partial charge in [0.2, 0.25) is 0 Å². The van der Waals surface area contributed by atoms with Gasteiger partial charge in [-0.1, -0.05) is 53.5 Å². The van der Waals surface area contributed by atoms with Crippen molar-refractivity contribution in [1.29, 1.82) is 0 Å². The summed E-state index contributed by atoms with van der Waals surface area (Å²) < 4.78 is 5.34. The van der Waals surface area contributed by atoms with E-state index in [0.29, 0.717) is 0 Å². The van der Waals surface area contributed by atoms with Gasteiger partial charge < -0.3 is 4.74 Å². The number of esters is 1. The number of carbonyl (C=O) groups is 1. The SMILES string of the molecule is CC(OC(=O)c1cnc(Cl)c(Cl)c1)c1ccccc1. The molecule has 5 heteroatoms. The first-order valence-corrected chi connectivity index (χ1v) is 6.40. The fourth-order valence-corrected chi connectivity index (χ4v) is 1.82. The van der Waals surface area contributed by atoms with Crippen LogP contribution in [0.4, 0.5) is 0 Å². The van der Waals surface area contributed by atoms with E-state index in [4.69, 9.17) is 27.9 Å². The van der Waals surface area contributed by atoms with E-state index in [0.717, 1.165) is 5.56 Å². The molecule has 0 N–H and O–H groups in total. The quantitative estimate of drug-likeness (QED) is 0.626. The molecular weight excluding hydrogens is 285 g/mol.